The van der Waals surface area contributed by atoms with Crippen molar-refractivity contribution < 1.29 is 23.0 Å². The molecule has 0 bridgehead atoms. The Morgan fingerprint density at radius 1 is 1.19 bits per heavy atom. The molecule has 0 saturated carbocycles. The van der Waals surface area contributed by atoms with E-state index in [4.69, 9.17) is 4.74 Å². The molecule has 0 unspecified atom stereocenters. The number of thiazole rings is 1. The van der Waals surface area contributed by atoms with Crippen LogP contribution in [0, 0.1) is 6.92 Å². The van der Waals surface area contributed by atoms with Crippen LogP contribution in [0.2, 0.25) is 0 Å². The van der Waals surface area contributed by atoms with Crippen molar-refractivity contribution in [1.82, 2.24) is 20.0 Å². The van der Waals surface area contributed by atoms with E-state index in [9.17, 15) is 13.6 Å². The van der Waals surface area contributed by atoms with Crippen LogP contribution >= 0.6 is 11.3 Å². The summed E-state index contributed by atoms with van der Waals surface area (Å²) in [6.45, 7) is -1.23. The molecule has 11 heteroatoms. The number of carbonyl (C=O) groups excluding carboxylic acids is 1. The van der Waals surface area contributed by atoms with Gasteiger partial charge in [0.15, 0.2) is 10.8 Å². The third-order valence-electron chi connectivity index (χ3n) is 4.51. The summed E-state index contributed by atoms with van der Waals surface area (Å²) in [7, 11) is 1.56. The number of para-hydroxylation sites is 1. The third kappa shape index (κ3) is 4.42. The Balaban J connectivity index is 1.54. The van der Waals surface area contributed by atoms with Gasteiger partial charge in [0.05, 0.1) is 24.2 Å². The number of carbonyl (C=O) groups is 1. The van der Waals surface area contributed by atoms with Crippen LogP contribution in [-0.4, -0.2) is 39.6 Å². The van der Waals surface area contributed by atoms with E-state index in [0.29, 0.717) is 28.4 Å². The van der Waals surface area contributed by atoms with Gasteiger partial charge in [-0.2, -0.15) is 8.78 Å². The predicted molar refractivity (Wildman–Crippen MR) is 115 cm³/mol. The number of anilines is 1. The number of alkyl halides is 2. The summed E-state index contributed by atoms with van der Waals surface area (Å²) < 4.78 is 36.6. The van der Waals surface area contributed by atoms with Gasteiger partial charge in [-0.25, -0.2) is 9.67 Å². The lowest BCUT2D eigenvalue weighted by atomic mass is 10.1. The van der Waals surface area contributed by atoms with Crippen LogP contribution in [0.25, 0.3) is 16.9 Å². The molecule has 0 saturated heterocycles. The van der Waals surface area contributed by atoms with Crippen molar-refractivity contribution in [2.75, 3.05) is 12.4 Å². The van der Waals surface area contributed by atoms with Gasteiger partial charge in [-0.05, 0) is 31.2 Å². The molecule has 0 fully saturated rings. The zero-order chi connectivity index (χ0) is 22.7. The average molecular weight is 457 g/mol. The van der Waals surface area contributed by atoms with E-state index >= 15 is 0 Å². The van der Waals surface area contributed by atoms with E-state index in [1.807, 2.05) is 12.1 Å². The molecule has 4 rings (SSSR count). The summed E-state index contributed by atoms with van der Waals surface area (Å²) in [6.07, 6.45) is 0. The number of hydrogen-bond acceptors (Lipinski definition) is 7. The first-order valence-electron chi connectivity index (χ1n) is 9.34. The molecule has 2 aromatic heterocycles. The van der Waals surface area contributed by atoms with Crippen LogP contribution < -0.4 is 14.8 Å². The lowest BCUT2D eigenvalue weighted by molar-refractivity contribution is -0.0494. The van der Waals surface area contributed by atoms with Crippen molar-refractivity contribution in [3.63, 3.8) is 0 Å². The van der Waals surface area contributed by atoms with Crippen molar-refractivity contribution >= 4 is 22.4 Å². The lowest BCUT2D eigenvalue weighted by Crippen LogP contribution is -2.14. The molecule has 2 aromatic carbocycles. The van der Waals surface area contributed by atoms with Crippen LogP contribution in [0.1, 0.15) is 16.2 Å². The normalized spacial score (nSPS) is 10.9. The lowest BCUT2D eigenvalue weighted by Gasteiger charge is -2.08. The fraction of sp³-hybridized carbons (Fsp3) is 0.143. The number of methoxy groups -OCH3 is 1. The summed E-state index contributed by atoms with van der Waals surface area (Å²) in [5, 5.41) is 12.7. The number of nitrogens with zero attached hydrogens (tertiary/aromatic N) is 4. The maximum atomic E-state index is 12.8. The maximum Gasteiger partial charge on any atom is 0.387 e. The van der Waals surface area contributed by atoms with E-state index in [1.165, 1.54) is 10.7 Å². The molecule has 0 aliphatic rings. The summed E-state index contributed by atoms with van der Waals surface area (Å²) in [6, 6.07) is 13.5. The first-order chi connectivity index (χ1) is 15.5. The van der Waals surface area contributed by atoms with Crippen LogP contribution in [-0.2, 0) is 0 Å². The Labute approximate surface area is 185 Å². The van der Waals surface area contributed by atoms with Crippen LogP contribution in [0.15, 0.2) is 53.9 Å². The van der Waals surface area contributed by atoms with E-state index in [-0.39, 0.29) is 16.6 Å². The second-order valence-corrected chi connectivity index (χ2v) is 7.36. The minimum atomic E-state index is -2.95. The quantitative estimate of drug-likeness (QED) is 0.438. The van der Waals surface area contributed by atoms with Crippen molar-refractivity contribution in [2.24, 2.45) is 0 Å². The predicted octanol–water partition coefficient (Wildman–Crippen LogP) is 4.56. The second kappa shape index (κ2) is 9.10. The molecule has 0 aliphatic carbocycles. The number of amides is 1. The van der Waals surface area contributed by atoms with Gasteiger partial charge in [-0.3, -0.25) is 10.1 Å². The van der Waals surface area contributed by atoms with Gasteiger partial charge in [0.2, 0.25) is 0 Å². The Bertz CT molecular complexity index is 1260. The summed E-state index contributed by atoms with van der Waals surface area (Å²) in [5.74, 6) is 0.159. The molecule has 164 valence electrons. The van der Waals surface area contributed by atoms with Crippen molar-refractivity contribution in [2.45, 2.75) is 13.5 Å². The van der Waals surface area contributed by atoms with Crippen LogP contribution in [0.5, 0.6) is 11.5 Å². The molecule has 0 atom stereocenters. The fourth-order valence-corrected chi connectivity index (χ4v) is 3.72. The van der Waals surface area contributed by atoms with Gasteiger partial charge in [0, 0.05) is 17.0 Å². The molecule has 1 amide bonds. The SMILES string of the molecule is COc1cccc(-n2nnc(C(=O)Nc3nc(-c4ccccc4OC(F)F)cs3)c2C)c1. The highest BCUT2D eigenvalue weighted by Crippen LogP contribution is 2.33. The van der Waals surface area contributed by atoms with Gasteiger partial charge in [-0.15, -0.1) is 16.4 Å². The zero-order valence-electron chi connectivity index (χ0n) is 17.0. The van der Waals surface area contributed by atoms with Crippen LogP contribution in [0.4, 0.5) is 13.9 Å². The fourth-order valence-electron chi connectivity index (χ4n) is 3.01. The molecule has 0 spiro atoms. The monoisotopic (exact) mass is 457 g/mol. The molecular weight excluding hydrogens is 440 g/mol. The zero-order valence-corrected chi connectivity index (χ0v) is 17.8. The van der Waals surface area contributed by atoms with Gasteiger partial charge in [0.25, 0.3) is 5.91 Å². The van der Waals surface area contributed by atoms with Gasteiger partial charge in [-0.1, -0.05) is 23.4 Å². The van der Waals surface area contributed by atoms with Gasteiger partial charge < -0.3 is 9.47 Å². The van der Waals surface area contributed by atoms with Crippen molar-refractivity contribution in [1.29, 1.82) is 0 Å². The smallest absolute Gasteiger partial charge is 0.387 e. The molecule has 2 heterocycles. The number of nitrogens with one attached hydrogen (secondary N) is 1. The highest BCUT2D eigenvalue weighted by molar-refractivity contribution is 7.14. The van der Waals surface area contributed by atoms with Gasteiger partial charge in [0.1, 0.15) is 11.5 Å². The standard InChI is InChI=1S/C21H17F2N5O3S/c1-12-18(26-27-28(12)13-6-5-7-14(10-13)30-2)19(29)25-21-24-16(11-32-21)15-8-3-4-9-17(15)31-20(22)23/h3-11,20H,1-2H3,(H,24,25,29). The number of aromatic nitrogens is 4. The minimum absolute atomic E-state index is 0.00255. The van der Waals surface area contributed by atoms with Gasteiger partial charge >= 0.3 is 6.61 Å². The Morgan fingerprint density at radius 3 is 2.78 bits per heavy atom. The molecule has 4 aromatic rings. The second-order valence-electron chi connectivity index (χ2n) is 6.50. The molecule has 32 heavy (non-hydrogen) atoms. The number of benzene rings is 2. The molecular formula is C21H17F2N5O3S. The first kappa shape index (κ1) is 21.4. The van der Waals surface area contributed by atoms with Crippen molar-refractivity contribution in [3.05, 3.63) is 65.3 Å². The molecule has 1 N–H and O–H groups in total. The largest absolute Gasteiger partial charge is 0.497 e. The molecule has 0 radical (unpaired) electrons. The summed E-state index contributed by atoms with van der Waals surface area (Å²) in [5.41, 5.74) is 2.15. The number of ether oxygens (including phenoxy) is 2. The highest BCUT2D eigenvalue weighted by Gasteiger charge is 2.20. The Kier molecular flexibility index (Phi) is 6.08. The summed E-state index contributed by atoms with van der Waals surface area (Å²) in [4.78, 5) is 17.1. The minimum Gasteiger partial charge on any atom is -0.497 e. The van der Waals surface area contributed by atoms with Crippen molar-refractivity contribution in [3.8, 4) is 28.4 Å². The third-order valence-corrected chi connectivity index (χ3v) is 5.27. The topological polar surface area (TPSA) is 91.2 Å². The highest BCUT2D eigenvalue weighted by atomic mass is 32.1. The number of rotatable bonds is 7. The Hall–Kier alpha value is -3.86. The maximum absolute atomic E-state index is 12.8. The number of halogens is 2. The first-order valence-corrected chi connectivity index (χ1v) is 10.2. The summed E-state index contributed by atoms with van der Waals surface area (Å²) >= 11 is 1.15. The van der Waals surface area contributed by atoms with E-state index in [2.05, 4.69) is 25.3 Å². The molecule has 0 aliphatic heterocycles. The van der Waals surface area contributed by atoms with E-state index < -0.39 is 12.5 Å². The number of hydrogen-bond donors (Lipinski definition) is 1. The Morgan fingerprint density at radius 2 is 2.00 bits per heavy atom. The van der Waals surface area contributed by atoms with E-state index in [1.54, 1.807) is 49.7 Å². The van der Waals surface area contributed by atoms with Crippen LogP contribution in [0.3, 0.4) is 0 Å². The van der Waals surface area contributed by atoms with E-state index in [0.717, 1.165) is 11.3 Å². The average Bonchev–Trinajstić information content (AvgIpc) is 3.40. The molecule has 8 nitrogen and oxygen atoms in total.